The van der Waals surface area contributed by atoms with Gasteiger partial charge in [-0.3, -0.25) is 0 Å². The van der Waals surface area contributed by atoms with Crippen LogP contribution in [0.5, 0.6) is 0 Å². The zero-order chi connectivity index (χ0) is 14.8. The Morgan fingerprint density at radius 3 is 2.65 bits per heavy atom. The van der Waals surface area contributed by atoms with Gasteiger partial charge in [-0.15, -0.1) is 0 Å². The zero-order valence-electron chi connectivity index (χ0n) is 11.9. The molecule has 114 valence electrons. The lowest BCUT2D eigenvalue weighted by Gasteiger charge is -2.20. The summed E-state index contributed by atoms with van der Waals surface area (Å²) in [6.45, 7) is 5.91. The van der Waals surface area contributed by atoms with Gasteiger partial charge in [0.2, 0.25) is 10.0 Å². The number of aliphatic hydroxyl groups is 1. The van der Waals surface area contributed by atoms with Crippen molar-refractivity contribution in [2.75, 3.05) is 19.6 Å². The Bertz CT molecular complexity index is 547. The molecule has 0 aromatic carbocycles. The number of aliphatic hydroxyl groups excluding tert-OH is 1. The Morgan fingerprint density at radius 2 is 2.10 bits per heavy atom. The topological polar surface area (TPSA) is 82.8 Å². The third-order valence-electron chi connectivity index (χ3n) is 3.46. The van der Waals surface area contributed by atoms with Crippen LogP contribution in [0, 0.1) is 6.92 Å². The molecule has 0 spiro atoms. The molecule has 0 amide bonds. The second kappa shape index (κ2) is 6.26. The quantitative estimate of drug-likeness (QED) is 0.814. The number of nitrogens with one attached hydrogen (secondary N) is 1. The van der Waals surface area contributed by atoms with Gasteiger partial charge in [0.05, 0.1) is 0 Å². The van der Waals surface area contributed by atoms with E-state index in [1.165, 1.54) is 18.9 Å². The number of nitrogens with zero attached hydrogens (tertiary/aromatic N) is 1. The molecule has 1 aromatic heterocycles. The predicted molar refractivity (Wildman–Crippen MR) is 74.8 cm³/mol. The van der Waals surface area contributed by atoms with Gasteiger partial charge >= 0.3 is 0 Å². The van der Waals surface area contributed by atoms with Gasteiger partial charge in [-0.1, -0.05) is 0 Å². The molecule has 1 unspecified atom stereocenters. The van der Waals surface area contributed by atoms with Crippen LogP contribution in [0.4, 0.5) is 0 Å². The van der Waals surface area contributed by atoms with Gasteiger partial charge in [0.1, 0.15) is 23.0 Å². The van der Waals surface area contributed by atoms with Crippen molar-refractivity contribution in [3.63, 3.8) is 0 Å². The molecule has 1 aromatic rings. The molecular weight excluding hydrogens is 280 g/mol. The molecule has 0 saturated carbocycles. The van der Waals surface area contributed by atoms with Crippen LogP contribution in [-0.4, -0.2) is 44.1 Å². The highest BCUT2D eigenvalue weighted by Crippen LogP contribution is 2.20. The lowest BCUT2D eigenvalue weighted by atomic mass is 10.3. The van der Waals surface area contributed by atoms with Crippen LogP contribution in [0.2, 0.25) is 0 Å². The second-order valence-corrected chi connectivity index (χ2v) is 7.00. The molecule has 2 N–H and O–H groups in total. The summed E-state index contributed by atoms with van der Waals surface area (Å²) in [4.78, 5) is 2.36. The second-order valence-electron chi connectivity index (χ2n) is 5.32. The van der Waals surface area contributed by atoms with E-state index >= 15 is 0 Å². The monoisotopic (exact) mass is 302 g/mol. The van der Waals surface area contributed by atoms with Crippen molar-refractivity contribution in [2.24, 2.45) is 0 Å². The zero-order valence-corrected chi connectivity index (χ0v) is 12.7. The van der Waals surface area contributed by atoms with Gasteiger partial charge in [-0.05, 0) is 39.8 Å². The van der Waals surface area contributed by atoms with E-state index in [4.69, 9.17) is 9.52 Å². The minimum absolute atomic E-state index is 0.106. The number of likely N-dealkylation sites (tertiary alicyclic amines) is 1. The van der Waals surface area contributed by atoms with Crippen LogP contribution in [0.15, 0.2) is 15.4 Å². The standard InChI is InChI=1S/C13H22N2O4S/c1-10(8-15-5-3-4-6-15)14-20(17,18)13-7-12(9-16)19-11(13)2/h7,10,14,16H,3-6,8-9H2,1-2H3. The third-order valence-corrected chi connectivity index (χ3v) is 5.15. The predicted octanol–water partition coefficient (Wildman–Crippen LogP) is 0.843. The van der Waals surface area contributed by atoms with Gasteiger partial charge in [0, 0.05) is 18.7 Å². The minimum Gasteiger partial charge on any atom is -0.462 e. The van der Waals surface area contributed by atoms with E-state index in [1.54, 1.807) is 6.92 Å². The van der Waals surface area contributed by atoms with Gasteiger partial charge in [-0.25, -0.2) is 13.1 Å². The van der Waals surface area contributed by atoms with Gasteiger partial charge in [0.15, 0.2) is 0 Å². The molecule has 20 heavy (non-hydrogen) atoms. The van der Waals surface area contributed by atoms with E-state index in [0.717, 1.165) is 13.1 Å². The number of rotatable bonds is 6. The van der Waals surface area contributed by atoms with E-state index in [1.807, 2.05) is 6.92 Å². The number of aryl methyl sites for hydroxylation is 1. The number of furan rings is 1. The maximum absolute atomic E-state index is 12.3. The van der Waals surface area contributed by atoms with Crippen LogP contribution >= 0.6 is 0 Å². The molecule has 0 radical (unpaired) electrons. The van der Waals surface area contributed by atoms with Crippen molar-refractivity contribution in [2.45, 2.75) is 44.2 Å². The van der Waals surface area contributed by atoms with Crippen molar-refractivity contribution < 1.29 is 17.9 Å². The fraction of sp³-hybridized carbons (Fsp3) is 0.692. The molecule has 6 nitrogen and oxygen atoms in total. The molecule has 0 bridgehead atoms. The molecule has 1 fully saturated rings. The largest absolute Gasteiger partial charge is 0.462 e. The lowest BCUT2D eigenvalue weighted by Crippen LogP contribution is -2.41. The summed E-state index contributed by atoms with van der Waals surface area (Å²) in [6.07, 6.45) is 2.36. The van der Waals surface area contributed by atoms with Crippen molar-refractivity contribution in [3.05, 3.63) is 17.6 Å². The highest BCUT2D eigenvalue weighted by Gasteiger charge is 2.24. The van der Waals surface area contributed by atoms with Crippen LogP contribution in [-0.2, 0) is 16.6 Å². The van der Waals surface area contributed by atoms with E-state index in [9.17, 15) is 8.42 Å². The first kappa shape index (κ1) is 15.5. The molecule has 1 aliphatic heterocycles. The van der Waals surface area contributed by atoms with Crippen LogP contribution in [0.3, 0.4) is 0 Å². The summed E-state index contributed by atoms with van der Waals surface area (Å²) in [5, 5.41) is 9.00. The first-order valence-corrected chi connectivity index (χ1v) is 8.35. The highest BCUT2D eigenvalue weighted by molar-refractivity contribution is 7.89. The lowest BCUT2D eigenvalue weighted by molar-refractivity contribution is 0.244. The van der Waals surface area contributed by atoms with E-state index in [-0.39, 0.29) is 23.3 Å². The van der Waals surface area contributed by atoms with Crippen molar-refractivity contribution >= 4 is 10.0 Å². The van der Waals surface area contributed by atoms with Crippen molar-refractivity contribution in [3.8, 4) is 0 Å². The Hall–Kier alpha value is -0.890. The Kier molecular flexibility index (Phi) is 4.85. The summed E-state index contributed by atoms with van der Waals surface area (Å²) >= 11 is 0. The first-order valence-electron chi connectivity index (χ1n) is 6.87. The summed E-state index contributed by atoms with van der Waals surface area (Å²) in [7, 11) is -3.60. The van der Waals surface area contributed by atoms with Crippen LogP contribution in [0.1, 0.15) is 31.3 Å². The SMILES string of the molecule is Cc1oc(CO)cc1S(=O)(=O)NC(C)CN1CCCC1. The minimum atomic E-state index is -3.60. The van der Waals surface area contributed by atoms with E-state index in [0.29, 0.717) is 12.3 Å². The van der Waals surface area contributed by atoms with Gasteiger partial charge in [0.25, 0.3) is 0 Å². The Balaban J connectivity index is 2.03. The van der Waals surface area contributed by atoms with Gasteiger partial charge in [-0.2, -0.15) is 0 Å². The third kappa shape index (κ3) is 3.60. The van der Waals surface area contributed by atoms with E-state index < -0.39 is 10.0 Å². The molecule has 2 rings (SSSR count). The van der Waals surface area contributed by atoms with Crippen molar-refractivity contribution in [1.29, 1.82) is 0 Å². The molecule has 2 heterocycles. The van der Waals surface area contributed by atoms with Crippen LogP contribution in [0.25, 0.3) is 0 Å². The Labute approximate surface area is 119 Å². The average molecular weight is 302 g/mol. The summed E-state index contributed by atoms with van der Waals surface area (Å²) in [5.41, 5.74) is 0. The smallest absolute Gasteiger partial charge is 0.244 e. The average Bonchev–Trinajstić information content (AvgIpc) is 2.97. The Morgan fingerprint density at radius 1 is 1.45 bits per heavy atom. The highest BCUT2D eigenvalue weighted by atomic mass is 32.2. The molecule has 0 aliphatic carbocycles. The van der Waals surface area contributed by atoms with Crippen molar-refractivity contribution in [1.82, 2.24) is 9.62 Å². The molecule has 1 saturated heterocycles. The fourth-order valence-corrected chi connectivity index (χ4v) is 4.02. The summed E-state index contributed by atoms with van der Waals surface area (Å²) in [5.74, 6) is 0.560. The molecular formula is C13H22N2O4S. The molecule has 1 atom stereocenters. The van der Waals surface area contributed by atoms with E-state index in [2.05, 4.69) is 9.62 Å². The maximum atomic E-state index is 12.3. The number of hydrogen-bond acceptors (Lipinski definition) is 5. The normalized spacial score (nSPS) is 18.6. The fourth-order valence-electron chi connectivity index (χ4n) is 2.59. The molecule has 7 heteroatoms. The first-order chi connectivity index (χ1) is 9.42. The number of hydrogen-bond donors (Lipinski definition) is 2. The summed E-state index contributed by atoms with van der Waals surface area (Å²) < 4.78 is 32.4. The maximum Gasteiger partial charge on any atom is 0.244 e. The molecule has 1 aliphatic rings. The van der Waals surface area contributed by atoms with Crippen LogP contribution < -0.4 is 4.72 Å². The summed E-state index contributed by atoms with van der Waals surface area (Å²) in [6, 6.07) is 1.21. The number of sulfonamides is 1. The van der Waals surface area contributed by atoms with Gasteiger partial charge < -0.3 is 14.4 Å².